The first-order valence-corrected chi connectivity index (χ1v) is 8.03. The van der Waals surface area contributed by atoms with Gasteiger partial charge in [-0.05, 0) is 53.3 Å². The maximum absolute atomic E-state index is 12.4. The Kier molecular flexibility index (Phi) is 4.67. The summed E-state index contributed by atoms with van der Waals surface area (Å²) in [4.78, 5) is 25.8. The van der Waals surface area contributed by atoms with Crippen LogP contribution in [0.2, 0.25) is 0 Å². The minimum absolute atomic E-state index is 0.0886. The molecule has 1 aromatic rings. The average Bonchev–Trinajstić information content (AvgIpc) is 2.69. The number of aryl methyl sites for hydroxylation is 1. The van der Waals surface area contributed by atoms with Gasteiger partial charge in [-0.15, -0.1) is 11.3 Å². The number of thiophene rings is 1. The summed E-state index contributed by atoms with van der Waals surface area (Å²) in [7, 11) is 0. The molecule has 1 aromatic heterocycles. The topological polar surface area (TPSA) is 75.4 Å². The van der Waals surface area contributed by atoms with Crippen LogP contribution < -0.4 is 11.1 Å². The highest BCUT2D eigenvalue weighted by molar-refractivity contribution is 14.1. The molecule has 0 radical (unpaired) electrons. The van der Waals surface area contributed by atoms with Crippen molar-refractivity contribution in [3.05, 3.63) is 19.4 Å². The fourth-order valence-electron chi connectivity index (χ4n) is 2.15. The lowest BCUT2D eigenvalue weighted by atomic mass is 10.1. The first-order valence-electron chi connectivity index (χ1n) is 6.08. The number of carbonyl (C=O) groups is 2. The molecule has 0 unspecified atom stereocenters. The first kappa shape index (κ1) is 14.6. The third-order valence-electron chi connectivity index (χ3n) is 3.22. The van der Waals surface area contributed by atoms with Gasteiger partial charge in [0, 0.05) is 22.7 Å². The Balaban J connectivity index is 1.96. The predicted molar refractivity (Wildman–Crippen MR) is 83.4 cm³/mol. The van der Waals surface area contributed by atoms with Gasteiger partial charge in [0.2, 0.25) is 0 Å². The van der Waals surface area contributed by atoms with Crippen LogP contribution in [0, 0.1) is 10.5 Å². The van der Waals surface area contributed by atoms with Gasteiger partial charge in [-0.1, -0.05) is 0 Å². The molecule has 1 fully saturated rings. The molecule has 7 heteroatoms. The zero-order valence-corrected chi connectivity index (χ0v) is 13.6. The summed E-state index contributed by atoms with van der Waals surface area (Å²) in [6, 6.07) is -0.404. The van der Waals surface area contributed by atoms with E-state index in [-0.39, 0.29) is 11.9 Å². The largest absolute Gasteiger partial charge is 0.352 e. The number of halogens is 1. The Morgan fingerprint density at radius 2 is 2.11 bits per heavy atom. The third kappa shape index (κ3) is 3.38. The maximum atomic E-state index is 12.4. The predicted octanol–water partition coefficient (Wildman–Crippen LogP) is 1.93. The van der Waals surface area contributed by atoms with Crippen molar-refractivity contribution < 1.29 is 9.59 Å². The minimum atomic E-state index is -0.492. The molecule has 1 saturated heterocycles. The molecular weight excluding hydrogens is 377 g/mol. The molecule has 0 atom stereocenters. The van der Waals surface area contributed by atoms with Crippen molar-refractivity contribution in [3.63, 3.8) is 0 Å². The zero-order valence-electron chi connectivity index (χ0n) is 10.6. The second-order valence-electron chi connectivity index (χ2n) is 4.64. The van der Waals surface area contributed by atoms with Crippen LogP contribution in [0.5, 0.6) is 0 Å². The van der Waals surface area contributed by atoms with Crippen molar-refractivity contribution in [2.45, 2.75) is 25.8 Å². The van der Waals surface area contributed by atoms with E-state index in [1.54, 1.807) is 0 Å². The van der Waals surface area contributed by atoms with Crippen LogP contribution in [0.15, 0.2) is 5.38 Å². The Labute approximate surface area is 129 Å². The quantitative estimate of drug-likeness (QED) is 0.754. The standard InChI is InChI=1S/C12H16IN3O2S/c1-7-6-19-10(9(7)13)11(17)16-4-2-8(3-5-16)15-12(14)18/h6,8H,2-5H2,1H3,(H3,14,15,18). The Bertz CT molecular complexity index is 495. The first-order chi connectivity index (χ1) is 8.99. The highest BCUT2D eigenvalue weighted by Crippen LogP contribution is 2.26. The molecule has 19 heavy (non-hydrogen) atoms. The molecule has 3 N–H and O–H groups in total. The molecular formula is C12H16IN3O2S. The molecule has 3 amide bonds. The SMILES string of the molecule is Cc1csc(C(=O)N2CCC(NC(N)=O)CC2)c1I. The fraction of sp³-hybridized carbons (Fsp3) is 0.500. The summed E-state index contributed by atoms with van der Waals surface area (Å²) in [5.74, 6) is 0.0972. The molecule has 1 aliphatic heterocycles. The van der Waals surface area contributed by atoms with Crippen LogP contribution in [0.3, 0.4) is 0 Å². The summed E-state index contributed by atoms with van der Waals surface area (Å²) < 4.78 is 1.05. The average molecular weight is 393 g/mol. The summed E-state index contributed by atoms with van der Waals surface area (Å²) in [5.41, 5.74) is 6.25. The van der Waals surface area contributed by atoms with Gasteiger partial charge in [0.25, 0.3) is 5.91 Å². The van der Waals surface area contributed by atoms with Gasteiger partial charge in [0.05, 0.1) is 0 Å². The van der Waals surface area contributed by atoms with E-state index in [1.807, 2.05) is 17.2 Å². The van der Waals surface area contributed by atoms with Crippen LogP contribution in [0.4, 0.5) is 4.79 Å². The van der Waals surface area contributed by atoms with Crippen molar-refractivity contribution in [2.75, 3.05) is 13.1 Å². The van der Waals surface area contributed by atoms with Gasteiger partial charge in [-0.3, -0.25) is 4.79 Å². The second-order valence-corrected chi connectivity index (χ2v) is 6.60. The van der Waals surface area contributed by atoms with Crippen LogP contribution >= 0.6 is 33.9 Å². The molecule has 0 aliphatic carbocycles. The number of primary amides is 1. The number of urea groups is 1. The van der Waals surface area contributed by atoms with E-state index in [1.165, 1.54) is 11.3 Å². The van der Waals surface area contributed by atoms with E-state index in [4.69, 9.17) is 5.73 Å². The third-order valence-corrected chi connectivity index (χ3v) is 6.06. The van der Waals surface area contributed by atoms with Gasteiger partial charge in [0.1, 0.15) is 4.88 Å². The zero-order chi connectivity index (χ0) is 14.0. The number of hydrogen-bond donors (Lipinski definition) is 2. The van der Waals surface area contributed by atoms with Crippen molar-refractivity contribution in [3.8, 4) is 0 Å². The van der Waals surface area contributed by atoms with E-state index < -0.39 is 6.03 Å². The number of nitrogens with one attached hydrogen (secondary N) is 1. The monoisotopic (exact) mass is 393 g/mol. The second kappa shape index (κ2) is 6.08. The number of rotatable bonds is 2. The minimum Gasteiger partial charge on any atom is -0.352 e. The summed E-state index contributed by atoms with van der Waals surface area (Å²) >= 11 is 3.72. The molecule has 0 aromatic carbocycles. The van der Waals surface area contributed by atoms with Gasteiger partial charge in [0.15, 0.2) is 0 Å². The van der Waals surface area contributed by atoms with E-state index in [2.05, 4.69) is 27.9 Å². The van der Waals surface area contributed by atoms with Crippen LogP contribution in [-0.2, 0) is 0 Å². The summed E-state index contributed by atoms with van der Waals surface area (Å²) in [5, 5.41) is 4.71. The molecule has 0 saturated carbocycles. The lowest BCUT2D eigenvalue weighted by Gasteiger charge is -2.31. The van der Waals surface area contributed by atoms with Crippen LogP contribution in [-0.4, -0.2) is 36.0 Å². The van der Waals surface area contributed by atoms with Crippen molar-refractivity contribution in [1.29, 1.82) is 0 Å². The summed E-state index contributed by atoms with van der Waals surface area (Å²) in [6.45, 7) is 3.34. The molecule has 0 bridgehead atoms. The molecule has 5 nitrogen and oxygen atoms in total. The van der Waals surface area contributed by atoms with Gasteiger partial charge in [-0.25, -0.2) is 4.79 Å². The normalized spacial score (nSPS) is 16.4. The van der Waals surface area contributed by atoms with Crippen LogP contribution in [0.25, 0.3) is 0 Å². The summed E-state index contributed by atoms with van der Waals surface area (Å²) in [6.07, 6.45) is 1.52. The van der Waals surface area contributed by atoms with Gasteiger partial charge < -0.3 is 16.0 Å². The number of carbonyl (C=O) groups excluding carboxylic acids is 2. The number of hydrogen-bond acceptors (Lipinski definition) is 3. The van der Waals surface area contributed by atoms with E-state index in [9.17, 15) is 9.59 Å². The van der Waals surface area contributed by atoms with E-state index in [0.29, 0.717) is 13.1 Å². The number of nitrogens with two attached hydrogens (primary N) is 1. The fourth-order valence-corrected chi connectivity index (χ4v) is 4.03. The Hall–Kier alpha value is -0.830. The molecule has 1 aliphatic rings. The number of piperidine rings is 1. The molecule has 104 valence electrons. The lowest BCUT2D eigenvalue weighted by molar-refractivity contribution is 0.0712. The molecule has 2 heterocycles. The van der Waals surface area contributed by atoms with Gasteiger partial charge in [-0.2, -0.15) is 0 Å². The Morgan fingerprint density at radius 1 is 1.47 bits per heavy atom. The van der Waals surface area contributed by atoms with Crippen molar-refractivity contribution in [1.82, 2.24) is 10.2 Å². The van der Waals surface area contributed by atoms with E-state index >= 15 is 0 Å². The van der Waals surface area contributed by atoms with Gasteiger partial charge >= 0.3 is 6.03 Å². The molecule has 0 spiro atoms. The van der Waals surface area contributed by atoms with E-state index in [0.717, 1.165) is 26.9 Å². The Morgan fingerprint density at radius 3 is 2.58 bits per heavy atom. The number of nitrogens with zero attached hydrogens (tertiary/aromatic N) is 1. The number of likely N-dealkylation sites (tertiary alicyclic amines) is 1. The molecule has 2 rings (SSSR count). The van der Waals surface area contributed by atoms with Crippen molar-refractivity contribution >= 4 is 45.9 Å². The number of amides is 3. The lowest BCUT2D eigenvalue weighted by Crippen LogP contribution is -2.47. The maximum Gasteiger partial charge on any atom is 0.312 e. The highest BCUT2D eigenvalue weighted by atomic mass is 127. The smallest absolute Gasteiger partial charge is 0.312 e. The van der Waals surface area contributed by atoms with Crippen molar-refractivity contribution in [2.24, 2.45) is 5.73 Å². The van der Waals surface area contributed by atoms with Crippen LogP contribution in [0.1, 0.15) is 28.1 Å². The highest BCUT2D eigenvalue weighted by Gasteiger charge is 2.26.